The van der Waals surface area contributed by atoms with Gasteiger partial charge in [-0.15, -0.1) is 0 Å². The molecule has 0 spiro atoms. The van der Waals surface area contributed by atoms with E-state index in [1.807, 2.05) is 0 Å². The lowest BCUT2D eigenvalue weighted by atomic mass is 10.3. The molecule has 12 nitrogen and oxygen atoms in total. The molecule has 0 aromatic heterocycles. The predicted octanol–water partition coefficient (Wildman–Crippen LogP) is 7.96. The van der Waals surface area contributed by atoms with Gasteiger partial charge in [-0.25, -0.2) is 16.8 Å². The van der Waals surface area contributed by atoms with E-state index < -0.39 is 20.0 Å². The van der Waals surface area contributed by atoms with Gasteiger partial charge in [0.2, 0.25) is 0 Å². The van der Waals surface area contributed by atoms with Crippen molar-refractivity contribution in [3.8, 4) is 0 Å². The Morgan fingerprint density at radius 2 is 0.556 bits per heavy atom. The number of sulfonamides is 2. The van der Waals surface area contributed by atoms with Crippen LogP contribution in [0.5, 0.6) is 0 Å². The lowest BCUT2D eigenvalue weighted by Gasteiger charge is -2.14. The summed E-state index contributed by atoms with van der Waals surface area (Å²) in [5.41, 5.74) is 3.51. The largest absolute Gasteiger partial charge is 0.332 e. The molecule has 0 saturated heterocycles. The van der Waals surface area contributed by atoms with Crippen LogP contribution >= 0.6 is 72.1 Å². The van der Waals surface area contributed by atoms with Crippen molar-refractivity contribution in [2.45, 2.75) is 9.79 Å². The summed E-state index contributed by atoms with van der Waals surface area (Å²) in [6, 6.07) is 32.2. The predicted molar refractivity (Wildman–Crippen MR) is 235 cm³/mol. The van der Waals surface area contributed by atoms with Crippen LogP contribution in [0.3, 0.4) is 0 Å². The second-order valence-corrected chi connectivity index (χ2v) is 16.8. The molecule has 278 valence electrons. The van der Waals surface area contributed by atoms with E-state index >= 15 is 0 Å². The van der Waals surface area contributed by atoms with Gasteiger partial charge in [0.15, 0.2) is 20.4 Å². The maximum absolute atomic E-state index is 13.0. The summed E-state index contributed by atoms with van der Waals surface area (Å²) < 4.78 is 56.5. The molecular formula is C34H28Cl2N8O4S6. The van der Waals surface area contributed by atoms with Crippen molar-refractivity contribution in [3.63, 3.8) is 0 Å². The summed E-state index contributed by atoms with van der Waals surface area (Å²) in [5.74, 6) is 0. The first-order chi connectivity index (χ1) is 25.6. The summed E-state index contributed by atoms with van der Waals surface area (Å²) in [6.45, 7) is 0. The first-order valence-electron chi connectivity index (χ1n) is 15.3. The molecule has 20 heteroatoms. The van der Waals surface area contributed by atoms with Crippen molar-refractivity contribution in [3.05, 3.63) is 131 Å². The van der Waals surface area contributed by atoms with Crippen LogP contribution in [0.4, 0.5) is 34.1 Å². The monoisotopic (exact) mass is 874 g/mol. The number of thiocarbonyl (C=S) groups is 4. The molecule has 8 N–H and O–H groups in total. The highest BCUT2D eigenvalue weighted by atomic mass is 35.5. The summed E-state index contributed by atoms with van der Waals surface area (Å²) in [4.78, 5) is -0.0490. The zero-order chi connectivity index (χ0) is 38.9. The standard InChI is InChI=1S/C34H28Cl2N8O4S6/c35-21-1-5-23(6-2-21)37-31(49)39-27-13-17-29(18-14-27)53(45,46)43-33(51)41-25-9-11-26(12-10-25)42-34(52)44-54(47,48)30-19-15-28(16-20-30)40-32(50)38-24-7-3-22(36)4-8-24/h1-20H,(H2,37,39,49)(H2,38,40,50)(H2,41,43,51)(H2,42,44,52). The number of halogens is 2. The first kappa shape index (κ1) is 40.5. The summed E-state index contributed by atoms with van der Waals surface area (Å²) in [6.07, 6.45) is 0. The smallest absolute Gasteiger partial charge is 0.263 e. The minimum Gasteiger partial charge on any atom is -0.332 e. The van der Waals surface area contributed by atoms with Crippen molar-refractivity contribution < 1.29 is 16.8 Å². The highest BCUT2D eigenvalue weighted by Gasteiger charge is 2.18. The van der Waals surface area contributed by atoms with Crippen LogP contribution < -0.4 is 41.3 Å². The fourth-order valence-corrected chi connectivity index (χ4v) is 7.83. The van der Waals surface area contributed by atoms with Crippen molar-refractivity contribution in [1.29, 1.82) is 0 Å². The van der Waals surface area contributed by atoms with Gasteiger partial charge < -0.3 is 31.9 Å². The van der Waals surface area contributed by atoms with E-state index in [9.17, 15) is 16.8 Å². The molecule has 0 aliphatic heterocycles. The van der Waals surface area contributed by atoms with E-state index in [1.54, 1.807) is 97.1 Å². The van der Waals surface area contributed by atoms with Gasteiger partial charge in [-0.1, -0.05) is 23.2 Å². The van der Waals surface area contributed by atoms with Crippen LogP contribution in [0.1, 0.15) is 0 Å². The second-order valence-electron chi connectivity index (χ2n) is 10.9. The van der Waals surface area contributed by atoms with Crippen molar-refractivity contribution in [2.75, 3.05) is 31.9 Å². The summed E-state index contributed by atoms with van der Waals surface area (Å²) in [7, 11) is -8.03. The highest BCUT2D eigenvalue weighted by Crippen LogP contribution is 2.20. The zero-order valence-corrected chi connectivity index (χ0v) is 33.8. The molecule has 0 saturated carbocycles. The van der Waals surface area contributed by atoms with Gasteiger partial charge >= 0.3 is 0 Å². The van der Waals surface area contributed by atoms with E-state index in [0.29, 0.717) is 43.0 Å². The van der Waals surface area contributed by atoms with Crippen LogP contribution in [0.25, 0.3) is 0 Å². The molecule has 0 radical (unpaired) electrons. The number of hydrogen-bond acceptors (Lipinski definition) is 8. The van der Waals surface area contributed by atoms with Gasteiger partial charge in [0.25, 0.3) is 20.0 Å². The molecule has 0 fully saturated rings. The van der Waals surface area contributed by atoms with Crippen molar-refractivity contribution in [2.24, 2.45) is 0 Å². The average Bonchev–Trinajstić information content (AvgIpc) is 3.11. The Kier molecular flexibility index (Phi) is 13.6. The maximum Gasteiger partial charge on any atom is 0.263 e. The molecule has 0 atom stereocenters. The quantitative estimate of drug-likeness (QED) is 0.0638. The molecule has 0 amide bonds. The summed E-state index contributed by atoms with van der Waals surface area (Å²) in [5, 5.41) is 19.1. The van der Waals surface area contributed by atoms with Gasteiger partial charge in [0.05, 0.1) is 9.79 Å². The Morgan fingerprint density at radius 1 is 0.352 bits per heavy atom. The Balaban J connectivity index is 1.07. The molecule has 5 aromatic rings. The normalized spacial score (nSPS) is 11.0. The summed E-state index contributed by atoms with van der Waals surface area (Å²) >= 11 is 32.9. The van der Waals surface area contributed by atoms with Gasteiger partial charge in [-0.05, 0) is 170 Å². The van der Waals surface area contributed by atoms with E-state index in [0.717, 1.165) is 11.4 Å². The molecule has 0 heterocycles. The van der Waals surface area contributed by atoms with Crippen molar-refractivity contribution >= 4 is 147 Å². The number of anilines is 6. The third-order valence-corrected chi connectivity index (χ3v) is 11.2. The van der Waals surface area contributed by atoms with Crippen LogP contribution in [0, 0.1) is 0 Å². The van der Waals surface area contributed by atoms with E-state index in [4.69, 9.17) is 72.1 Å². The Hall–Kier alpha value is -4.66. The molecule has 54 heavy (non-hydrogen) atoms. The van der Waals surface area contributed by atoms with E-state index in [1.165, 1.54) is 24.3 Å². The van der Waals surface area contributed by atoms with Gasteiger partial charge in [-0.2, -0.15) is 0 Å². The van der Waals surface area contributed by atoms with Crippen LogP contribution in [-0.2, 0) is 20.0 Å². The Bertz CT molecular complexity index is 2220. The molecule has 0 aliphatic rings. The average molecular weight is 876 g/mol. The fourth-order valence-electron chi connectivity index (χ4n) is 4.40. The minimum absolute atomic E-state index is 0.0245. The number of benzene rings is 5. The molecule has 0 unspecified atom stereocenters. The topological polar surface area (TPSA) is 165 Å². The minimum atomic E-state index is -4.02. The third kappa shape index (κ3) is 12.2. The van der Waals surface area contributed by atoms with Gasteiger partial charge in [0, 0.05) is 44.2 Å². The molecular weight excluding hydrogens is 848 g/mol. The number of nitrogens with one attached hydrogen (secondary N) is 8. The van der Waals surface area contributed by atoms with Crippen LogP contribution in [0.15, 0.2) is 131 Å². The molecule has 5 aromatic carbocycles. The maximum atomic E-state index is 13.0. The fraction of sp³-hybridized carbons (Fsp3) is 0. The third-order valence-electron chi connectivity index (χ3n) is 6.90. The Morgan fingerprint density at radius 3 is 0.815 bits per heavy atom. The van der Waals surface area contributed by atoms with E-state index in [2.05, 4.69) is 41.3 Å². The SMILES string of the molecule is O=S(=O)(NC(=S)Nc1ccc(NC(=S)NS(=O)(=O)c2ccc(NC(=S)Nc3ccc(Cl)cc3)cc2)cc1)c1ccc(NC(=S)Nc2ccc(Cl)cc2)cc1. The lowest BCUT2D eigenvalue weighted by Crippen LogP contribution is -2.34. The Labute approximate surface area is 343 Å². The molecule has 0 aliphatic carbocycles. The van der Waals surface area contributed by atoms with Crippen LogP contribution in [-0.4, -0.2) is 37.3 Å². The second kappa shape index (κ2) is 18.1. The molecule has 5 rings (SSSR count). The van der Waals surface area contributed by atoms with Gasteiger partial charge in [-0.3, -0.25) is 9.44 Å². The molecule has 0 bridgehead atoms. The van der Waals surface area contributed by atoms with Crippen molar-refractivity contribution in [1.82, 2.24) is 9.44 Å². The number of rotatable bonds is 10. The van der Waals surface area contributed by atoms with E-state index in [-0.39, 0.29) is 20.0 Å². The van der Waals surface area contributed by atoms with Gasteiger partial charge in [0.1, 0.15) is 0 Å². The highest BCUT2D eigenvalue weighted by molar-refractivity contribution is 7.92. The number of hydrogen-bond donors (Lipinski definition) is 8. The first-order valence-corrected chi connectivity index (χ1v) is 20.6. The zero-order valence-electron chi connectivity index (χ0n) is 27.4. The van der Waals surface area contributed by atoms with Crippen LogP contribution in [0.2, 0.25) is 10.0 Å². The lowest BCUT2D eigenvalue weighted by molar-refractivity contribution is 0.591.